The third-order valence-corrected chi connectivity index (χ3v) is 2.79. The predicted octanol–water partition coefficient (Wildman–Crippen LogP) is 3.37. The van der Waals surface area contributed by atoms with Crippen LogP contribution in [-0.4, -0.2) is 30.2 Å². The maximum absolute atomic E-state index is 12.1. The van der Waals surface area contributed by atoms with Gasteiger partial charge in [-0.3, -0.25) is 4.90 Å². The molecule has 0 heterocycles. The summed E-state index contributed by atoms with van der Waals surface area (Å²) in [4.78, 5) is 1.91. The first kappa shape index (κ1) is 12.6. The van der Waals surface area contributed by atoms with Gasteiger partial charge in [0.2, 0.25) is 0 Å². The SMILES string of the molecule is CCN(CCC(F)(F)F)[C@@H]1C=CCCC1. The molecule has 1 atom stereocenters. The monoisotopic (exact) mass is 221 g/mol. The molecule has 0 unspecified atom stereocenters. The van der Waals surface area contributed by atoms with E-state index in [1.807, 2.05) is 17.9 Å². The molecule has 0 bridgehead atoms. The second kappa shape index (κ2) is 5.54. The summed E-state index contributed by atoms with van der Waals surface area (Å²) in [5.41, 5.74) is 0. The van der Waals surface area contributed by atoms with Crippen molar-refractivity contribution in [1.82, 2.24) is 4.90 Å². The summed E-state index contributed by atoms with van der Waals surface area (Å²) in [5, 5.41) is 0. The summed E-state index contributed by atoms with van der Waals surface area (Å²) in [7, 11) is 0. The Kier molecular flexibility index (Phi) is 4.64. The van der Waals surface area contributed by atoms with Crippen molar-refractivity contribution in [1.29, 1.82) is 0 Å². The van der Waals surface area contributed by atoms with Gasteiger partial charge in [-0.15, -0.1) is 0 Å². The zero-order valence-corrected chi connectivity index (χ0v) is 9.06. The second-order valence-corrected chi connectivity index (χ2v) is 3.92. The zero-order valence-electron chi connectivity index (χ0n) is 9.06. The molecule has 0 aromatic carbocycles. The molecule has 0 aromatic rings. The molecule has 0 N–H and O–H groups in total. The minimum atomic E-state index is -4.04. The van der Waals surface area contributed by atoms with Crippen molar-refractivity contribution in [3.05, 3.63) is 12.2 Å². The van der Waals surface area contributed by atoms with Gasteiger partial charge in [-0.25, -0.2) is 0 Å². The first-order valence-corrected chi connectivity index (χ1v) is 5.50. The van der Waals surface area contributed by atoms with Crippen molar-refractivity contribution in [2.75, 3.05) is 13.1 Å². The lowest BCUT2D eigenvalue weighted by atomic mass is 10.0. The summed E-state index contributed by atoms with van der Waals surface area (Å²) >= 11 is 0. The largest absolute Gasteiger partial charge is 0.390 e. The Morgan fingerprint density at radius 1 is 1.40 bits per heavy atom. The number of rotatable bonds is 4. The summed E-state index contributed by atoms with van der Waals surface area (Å²) < 4.78 is 36.2. The van der Waals surface area contributed by atoms with Gasteiger partial charge in [0.15, 0.2) is 0 Å². The van der Waals surface area contributed by atoms with Crippen LogP contribution in [0.2, 0.25) is 0 Å². The summed E-state index contributed by atoms with van der Waals surface area (Å²) in [5.74, 6) is 0. The van der Waals surface area contributed by atoms with Crippen LogP contribution in [0.1, 0.15) is 32.6 Å². The molecule has 1 nitrogen and oxygen atoms in total. The van der Waals surface area contributed by atoms with Gasteiger partial charge in [0.25, 0.3) is 0 Å². The quantitative estimate of drug-likeness (QED) is 0.658. The lowest BCUT2D eigenvalue weighted by Gasteiger charge is -2.30. The minimum Gasteiger partial charge on any atom is -0.297 e. The van der Waals surface area contributed by atoms with Crippen LogP contribution in [0.3, 0.4) is 0 Å². The Morgan fingerprint density at radius 3 is 2.60 bits per heavy atom. The van der Waals surface area contributed by atoms with Crippen LogP contribution in [-0.2, 0) is 0 Å². The number of nitrogens with zero attached hydrogens (tertiary/aromatic N) is 1. The van der Waals surface area contributed by atoms with E-state index in [0.717, 1.165) is 19.3 Å². The van der Waals surface area contributed by atoms with E-state index in [1.165, 1.54) is 0 Å². The zero-order chi connectivity index (χ0) is 11.3. The Morgan fingerprint density at radius 2 is 2.13 bits per heavy atom. The van der Waals surface area contributed by atoms with Crippen LogP contribution in [0.15, 0.2) is 12.2 Å². The standard InChI is InChI=1S/C11H18F3N/c1-2-15(9-8-11(12,13)14)10-6-4-3-5-7-10/h4,6,10H,2-3,5,7-9H2,1H3/t10-/m1/s1. The fourth-order valence-corrected chi connectivity index (χ4v) is 1.93. The molecule has 0 amide bonds. The van der Waals surface area contributed by atoms with E-state index in [-0.39, 0.29) is 12.6 Å². The number of hydrogen-bond acceptors (Lipinski definition) is 1. The van der Waals surface area contributed by atoms with Crippen molar-refractivity contribution in [3.8, 4) is 0 Å². The Balaban J connectivity index is 2.41. The maximum Gasteiger partial charge on any atom is 0.390 e. The molecule has 0 aromatic heterocycles. The smallest absolute Gasteiger partial charge is 0.297 e. The number of halogens is 3. The van der Waals surface area contributed by atoms with E-state index in [9.17, 15) is 13.2 Å². The number of likely N-dealkylation sites (N-methyl/N-ethyl adjacent to an activating group) is 1. The third kappa shape index (κ3) is 4.69. The van der Waals surface area contributed by atoms with E-state index < -0.39 is 12.6 Å². The molecule has 1 aliphatic carbocycles. The fourth-order valence-electron chi connectivity index (χ4n) is 1.93. The molecule has 88 valence electrons. The van der Waals surface area contributed by atoms with E-state index in [0.29, 0.717) is 6.54 Å². The van der Waals surface area contributed by atoms with Gasteiger partial charge in [-0.05, 0) is 25.8 Å². The third-order valence-electron chi connectivity index (χ3n) is 2.79. The molecule has 0 saturated heterocycles. The van der Waals surface area contributed by atoms with E-state index in [4.69, 9.17) is 0 Å². The highest BCUT2D eigenvalue weighted by Crippen LogP contribution is 2.22. The number of hydrogen-bond donors (Lipinski definition) is 0. The Bertz CT molecular complexity index is 210. The number of alkyl halides is 3. The number of allylic oxidation sites excluding steroid dienone is 1. The van der Waals surface area contributed by atoms with Gasteiger partial charge < -0.3 is 0 Å². The lowest BCUT2D eigenvalue weighted by molar-refractivity contribution is -0.138. The molecule has 0 saturated carbocycles. The van der Waals surface area contributed by atoms with E-state index in [1.54, 1.807) is 0 Å². The Labute approximate surface area is 88.9 Å². The molecule has 0 spiro atoms. The lowest BCUT2D eigenvalue weighted by Crippen LogP contribution is -2.37. The topological polar surface area (TPSA) is 3.24 Å². The van der Waals surface area contributed by atoms with Crippen molar-refractivity contribution in [2.24, 2.45) is 0 Å². The van der Waals surface area contributed by atoms with Crippen molar-refractivity contribution in [3.63, 3.8) is 0 Å². The fraction of sp³-hybridized carbons (Fsp3) is 0.818. The van der Waals surface area contributed by atoms with Gasteiger partial charge in [0.1, 0.15) is 0 Å². The van der Waals surface area contributed by atoms with Crippen LogP contribution in [0.4, 0.5) is 13.2 Å². The highest BCUT2D eigenvalue weighted by atomic mass is 19.4. The molecule has 0 aliphatic heterocycles. The highest BCUT2D eigenvalue weighted by Gasteiger charge is 2.28. The molecular weight excluding hydrogens is 203 g/mol. The average Bonchev–Trinajstić information content (AvgIpc) is 2.19. The van der Waals surface area contributed by atoms with Crippen LogP contribution in [0, 0.1) is 0 Å². The van der Waals surface area contributed by atoms with Crippen LogP contribution < -0.4 is 0 Å². The minimum absolute atomic E-state index is 0.120. The van der Waals surface area contributed by atoms with Crippen LogP contribution in [0.25, 0.3) is 0 Å². The maximum atomic E-state index is 12.1. The van der Waals surface area contributed by atoms with Gasteiger partial charge >= 0.3 is 6.18 Å². The first-order chi connectivity index (χ1) is 7.03. The summed E-state index contributed by atoms with van der Waals surface area (Å²) in [6.45, 7) is 2.72. The van der Waals surface area contributed by atoms with Crippen LogP contribution >= 0.6 is 0 Å². The second-order valence-electron chi connectivity index (χ2n) is 3.92. The highest BCUT2D eigenvalue weighted by molar-refractivity contribution is 4.98. The van der Waals surface area contributed by atoms with Crippen LogP contribution in [0.5, 0.6) is 0 Å². The van der Waals surface area contributed by atoms with E-state index in [2.05, 4.69) is 6.08 Å². The summed E-state index contributed by atoms with van der Waals surface area (Å²) in [6.07, 6.45) is 2.52. The van der Waals surface area contributed by atoms with Gasteiger partial charge in [-0.1, -0.05) is 19.1 Å². The van der Waals surface area contributed by atoms with Gasteiger partial charge in [0, 0.05) is 12.6 Å². The predicted molar refractivity (Wildman–Crippen MR) is 54.7 cm³/mol. The van der Waals surface area contributed by atoms with Crippen molar-refractivity contribution >= 4 is 0 Å². The first-order valence-electron chi connectivity index (χ1n) is 5.50. The molecule has 1 aliphatic rings. The summed E-state index contributed by atoms with van der Waals surface area (Å²) in [6, 6.07) is 0.214. The average molecular weight is 221 g/mol. The van der Waals surface area contributed by atoms with Gasteiger partial charge in [-0.2, -0.15) is 13.2 Å². The van der Waals surface area contributed by atoms with Gasteiger partial charge in [0.05, 0.1) is 6.42 Å². The molecule has 15 heavy (non-hydrogen) atoms. The van der Waals surface area contributed by atoms with E-state index >= 15 is 0 Å². The normalized spacial score (nSPS) is 22.3. The molecule has 0 radical (unpaired) electrons. The van der Waals surface area contributed by atoms with Crippen molar-refractivity contribution in [2.45, 2.75) is 44.8 Å². The Hall–Kier alpha value is -0.510. The molecule has 1 rings (SSSR count). The molecule has 0 fully saturated rings. The van der Waals surface area contributed by atoms with Crippen molar-refractivity contribution < 1.29 is 13.2 Å². The molecular formula is C11H18F3N. The molecule has 4 heteroatoms.